The summed E-state index contributed by atoms with van der Waals surface area (Å²) in [7, 11) is 0. The molecule has 0 aliphatic heterocycles. The number of rotatable bonds is 4. The van der Waals surface area contributed by atoms with Crippen molar-refractivity contribution in [2.45, 2.75) is 45.1 Å². The van der Waals surface area contributed by atoms with Gasteiger partial charge in [0.05, 0.1) is 17.7 Å². The Morgan fingerprint density at radius 1 is 1.46 bits per heavy atom. The molecule has 0 aromatic heterocycles. The van der Waals surface area contributed by atoms with Crippen molar-refractivity contribution in [3.63, 3.8) is 0 Å². The third kappa shape index (κ3) is 4.05. The molecular formula is C10H19NOS. The largest absolute Gasteiger partial charge is 0.393 e. The molecule has 1 rings (SSSR count). The zero-order valence-electron chi connectivity index (χ0n) is 8.29. The molecule has 0 aromatic rings. The van der Waals surface area contributed by atoms with Crippen LogP contribution in [0.4, 0.5) is 0 Å². The van der Waals surface area contributed by atoms with Gasteiger partial charge in [-0.2, -0.15) is 0 Å². The van der Waals surface area contributed by atoms with Gasteiger partial charge in [0.15, 0.2) is 0 Å². The second-order valence-electron chi connectivity index (χ2n) is 3.89. The molecule has 0 radical (unpaired) electrons. The first-order valence-electron chi connectivity index (χ1n) is 5.10. The predicted molar refractivity (Wildman–Crippen MR) is 58.8 cm³/mol. The van der Waals surface area contributed by atoms with Gasteiger partial charge in [0.25, 0.3) is 0 Å². The predicted octanol–water partition coefficient (Wildman–Crippen LogP) is 2.26. The van der Waals surface area contributed by atoms with Crippen LogP contribution in [0.5, 0.6) is 0 Å². The van der Waals surface area contributed by atoms with Gasteiger partial charge in [0, 0.05) is 6.42 Å². The second-order valence-corrected chi connectivity index (χ2v) is 4.41. The van der Waals surface area contributed by atoms with Crippen molar-refractivity contribution in [3.8, 4) is 0 Å². The second kappa shape index (κ2) is 5.55. The van der Waals surface area contributed by atoms with Crippen molar-refractivity contribution >= 4 is 17.2 Å². The van der Waals surface area contributed by atoms with Gasteiger partial charge in [-0.25, -0.2) is 0 Å². The summed E-state index contributed by atoms with van der Waals surface area (Å²) in [6.07, 6.45) is 6.34. The lowest BCUT2D eigenvalue weighted by Crippen LogP contribution is -2.26. The molecule has 2 unspecified atom stereocenters. The van der Waals surface area contributed by atoms with E-state index in [1.54, 1.807) is 0 Å². The van der Waals surface area contributed by atoms with Gasteiger partial charge in [-0.15, -0.1) is 0 Å². The fourth-order valence-electron chi connectivity index (χ4n) is 1.84. The van der Waals surface area contributed by atoms with Gasteiger partial charge in [-0.1, -0.05) is 32.0 Å². The number of nitrogens with two attached hydrogens (primary N) is 1. The van der Waals surface area contributed by atoms with E-state index in [-0.39, 0.29) is 0 Å². The molecule has 76 valence electrons. The highest BCUT2D eigenvalue weighted by Gasteiger charge is 2.21. The number of ether oxygens (including phenoxy) is 1. The highest BCUT2D eigenvalue weighted by molar-refractivity contribution is 7.80. The highest BCUT2D eigenvalue weighted by Crippen LogP contribution is 2.26. The highest BCUT2D eigenvalue weighted by atomic mass is 32.1. The molecular weight excluding hydrogens is 182 g/mol. The van der Waals surface area contributed by atoms with Gasteiger partial charge in [0.2, 0.25) is 0 Å². The van der Waals surface area contributed by atoms with Crippen LogP contribution >= 0.6 is 12.2 Å². The first-order chi connectivity index (χ1) is 6.20. The first kappa shape index (κ1) is 10.9. The molecule has 2 atom stereocenters. The van der Waals surface area contributed by atoms with Crippen LogP contribution in [0.2, 0.25) is 0 Å². The van der Waals surface area contributed by atoms with E-state index in [9.17, 15) is 0 Å². The van der Waals surface area contributed by atoms with E-state index in [0.29, 0.717) is 23.6 Å². The minimum Gasteiger partial charge on any atom is -0.393 e. The Labute approximate surface area is 85.8 Å². The molecule has 3 heteroatoms. The number of hydrogen-bond donors (Lipinski definition) is 1. The minimum absolute atomic E-state index is 0.447. The van der Waals surface area contributed by atoms with Gasteiger partial charge < -0.3 is 10.5 Å². The molecule has 2 nitrogen and oxygen atoms in total. The molecule has 2 N–H and O–H groups in total. The summed E-state index contributed by atoms with van der Waals surface area (Å²) >= 11 is 4.79. The maximum atomic E-state index is 5.74. The van der Waals surface area contributed by atoms with Crippen molar-refractivity contribution in [1.82, 2.24) is 0 Å². The average molecular weight is 201 g/mol. The molecule has 1 fully saturated rings. The Morgan fingerprint density at radius 3 is 2.77 bits per heavy atom. The molecule has 1 aliphatic rings. The van der Waals surface area contributed by atoms with Crippen molar-refractivity contribution in [3.05, 3.63) is 0 Å². The summed E-state index contributed by atoms with van der Waals surface area (Å²) in [5.41, 5.74) is 5.39. The maximum Gasteiger partial charge on any atom is 0.0750 e. The van der Waals surface area contributed by atoms with Crippen LogP contribution in [0.15, 0.2) is 0 Å². The van der Waals surface area contributed by atoms with Gasteiger partial charge in [-0.3, -0.25) is 0 Å². The smallest absolute Gasteiger partial charge is 0.0750 e. The van der Waals surface area contributed by atoms with E-state index in [4.69, 9.17) is 22.7 Å². The van der Waals surface area contributed by atoms with Crippen molar-refractivity contribution in [2.75, 3.05) is 6.61 Å². The Morgan fingerprint density at radius 2 is 2.15 bits per heavy atom. The summed E-state index contributed by atoms with van der Waals surface area (Å²) in [6, 6.07) is 0. The van der Waals surface area contributed by atoms with Crippen LogP contribution in [0.1, 0.15) is 39.0 Å². The van der Waals surface area contributed by atoms with Crippen molar-refractivity contribution in [2.24, 2.45) is 11.7 Å². The molecule has 0 saturated heterocycles. The minimum atomic E-state index is 0.447. The third-order valence-corrected chi connectivity index (χ3v) is 2.92. The van der Waals surface area contributed by atoms with Crippen LogP contribution in [0, 0.1) is 5.92 Å². The maximum absolute atomic E-state index is 5.74. The Balaban J connectivity index is 2.15. The molecule has 0 aromatic carbocycles. The van der Waals surface area contributed by atoms with E-state index >= 15 is 0 Å². The summed E-state index contributed by atoms with van der Waals surface area (Å²) in [4.78, 5) is 0.559. The quantitative estimate of drug-likeness (QED) is 0.709. The lowest BCUT2D eigenvalue weighted by Gasteiger charge is -2.28. The summed E-state index contributed by atoms with van der Waals surface area (Å²) < 4.78 is 5.74. The van der Waals surface area contributed by atoms with Crippen LogP contribution in [-0.2, 0) is 4.74 Å². The topological polar surface area (TPSA) is 35.2 Å². The van der Waals surface area contributed by atoms with Crippen LogP contribution < -0.4 is 5.73 Å². The van der Waals surface area contributed by atoms with E-state index in [1.807, 2.05) is 0 Å². The molecule has 0 bridgehead atoms. The number of hydrogen-bond acceptors (Lipinski definition) is 2. The van der Waals surface area contributed by atoms with E-state index < -0.39 is 0 Å². The average Bonchev–Trinajstić information content (AvgIpc) is 2.08. The molecule has 13 heavy (non-hydrogen) atoms. The van der Waals surface area contributed by atoms with E-state index in [2.05, 4.69) is 6.92 Å². The van der Waals surface area contributed by atoms with E-state index in [0.717, 1.165) is 6.42 Å². The fraction of sp³-hybridized carbons (Fsp3) is 0.900. The Hall–Kier alpha value is -0.150. The van der Waals surface area contributed by atoms with Crippen LogP contribution in [0.3, 0.4) is 0 Å². The first-order valence-corrected chi connectivity index (χ1v) is 5.51. The van der Waals surface area contributed by atoms with Crippen molar-refractivity contribution in [1.29, 1.82) is 0 Å². The standard InChI is InChI=1S/C10H19NOS/c1-8-4-2-3-5-9(8)12-7-6-10(11)13/h8-9H,2-7H2,1H3,(H2,11,13). The molecule has 0 spiro atoms. The third-order valence-electron chi connectivity index (χ3n) is 2.71. The fourth-order valence-corrected chi connectivity index (χ4v) is 1.92. The molecule has 0 amide bonds. The van der Waals surface area contributed by atoms with Gasteiger partial charge in [0.1, 0.15) is 0 Å². The van der Waals surface area contributed by atoms with Gasteiger partial charge in [-0.05, 0) is 18.8 Å². The van der Waals surface area contributed by atoms with Crippen LogP contribution in [-0.4, -0.2) is 17.7 Å². The Bertz CT molecular complexity index is 172. The Kier molecular flexibility index (Phi) is 4.67. The summed E-state index contributed by atoms with van der Waals surface area (Å²) in [6.45, 7) is 2.97. The lowest BCUT2D eigenvalue weighted by atomic mass is 9.88. The zero-order chi connectivity index (χ0) is 9.68. The molecule has 1 saturated carbocycles. The van der Waals surface area contributed by atoms with Crippen LogP contribution in [0.25, 0.3) is 0 Å². The summed E-state index contributed by atoms with van der Waals surface area (Å²) in [5.74, 6) is 0.708. The van der Waals surface area contributed by atoms with Crippen molar-refractivity contribution < 1.29 is 4.74 Å². The zero-order valence-corrected chi connectivity index (χ0v) is 9.11. The summed E-state index contributed by atoms with van der Waals surface area (Å²) in [5, 5.41) is 0. The number of thiocarbonyl (C=S) groups is 1. The monoisotopic (exact) mass is 201 g/mol. The van der Waals surface area contributed by atoms with E-state index in [1.165, 1.54) is 25.7 Å². The normalized spacial score (nSPS) is 28.7. The van der Waals surface area contributed by atoms with Gasteiger partial charge >= 0.3 is 0 Å². The molecule has 1 aliphatic carbocycles. The SMILES string of the molecule is CC1CCCCC1OCCC(N)=S. The lowest BCUT2D eigenvalue weighted by molar-refractivity contribution is -0.00126. The molecule has 0 heterocycles.